The summed E-state index contributed by atoms with van der Waals surface area (Å²) >= 11 is 5.95. The van der Waals surface area contributed by atoms with E-state index in [4.69, 9.17) is 16.3 Å². The van der Waals surface area contributed by atoms with Gasteiger partial charge in [-0.3, -0.25) is 4.99 Å². The van der Waals surface area contributed by atoms with E-state index in [1.807, 2.05) is 30.3 Å². The molecule has 0 saturated carbocycles. The lowest BCUT2D eigenvalue weighted by Crippen LogP contribution is -1.92. The zero-order valence-electron chi connectivity index (χ0n) is 12.7. The molecule has 0 spiro atoms. The van der Waals surface area contributed by atoms with Crippen LogP contribution in [0.25, 0.3) is 10.9 Å². The first-order valence-corrected chi connectivity index (χ1v) is 7.68. The normalized spacial score (nSPS) is 11.4. The van der Waals surface area contributed by atoms with Gasteiger partial charge in [0, 0.05) is 23.2 Å². The van der Waals surface area contributed by atoms with E-state index < -0.39 is 0 Å². The Morgan fingerprint density at radius 3 is 2.96 bits per heavy atom. The van der Waals surface area contributed by atoms with Gasteiger partial charge in [-0.15, -0.1) is 0 Å². The number of aliphatic imine (C=N–C) groups is 1. The molecule has 1 aromatic heterocycles. The molecule has 5 heteroatoms. The number of hydrogen-bond donors (Lipinski definition) is 2. The van der Waals surface area contributed by atoms with Gasteiger partial charge in [0.15, 0.2) is 5.88 Å². The van der Waals surface area contributed by atoms with Gasteiger partial charge in [0.2, 0.25) is 0 Å². The van der Waals surface area contributed by atoms with E-state index in [0.717, 1.165) is 28.6 Å². The van der Waals surface area contributed by atoms with E-state index in [0.29, 0.717) is 17.1 Å². The van der Waals surface area contributed by atoms with E-state index >= 15 is 0 Å². The molecule has 3 rings (SSSR count). The second-order valence-corrected chi connectivity index (χ2v) is 5.65. The summed E-state index contributed by atoms with van der Waals surface area (Å²) in [4.78, 5) is 7.32. The number of aromatic nitrogens is 1. The van der Waals surface area contributed by atoms with Crippen molar-refractivity contribution >= 4 is 28.7 Å². The third-order valence-corrected chi connectivity index (χ3v) is 3.90. The number of fused-ring (bicyclic) bond motifs is 1. The molecule has 0 bridgehead atoms. The van der Waals surface area contributed by atoms with Gasteiger partial charge in [-0.2, -0.15) is 0 Å². The number of nitrogens with zero attached hydrogens (tertiary/aromatic N) is 1. The van der Waals surface area contributed by atoms with Crippen molar-refractivity contribution in [3.8, 4) is 11.6 Å². The van der Waals surface area contributed by atoms with Gasteiger partial charge in [0.25, 0.3) is 0 Å². The number of aromatic amines is 1. The lowest BCUT2D eigenvalue weighted by atomic mass is 10.1. The molecule has 3 aromatic rings. The molecule has 118 valence electrons. The van der Waals surface area contributed by atoms with E-state index in [9.17, 15) is 5.11 Å². The number of rotatable bonds is 5. The Kier molecular flexibility index (Phi) is 4.53. The molecule has 4 nitrogen and oxygen atoms in total. The van der Waals surface area contributed by atoms with Gasteiger partial charge < -0.3 is 14.8 Å². The highest BCUT2D eigenvalue weighted by molar-refractivity contribution is 6.31. The summed E-state index contributed by atoms with van der Waals surface area (Å²) in [5.41, 5.74) is 2.64. The number of ether oxygens (including phenoxy) is 1. The number of H-pyrrole nitrogens is 1. The van der Waals surface area contributed by atoms with Gasteiger partial charge in [-0.1, -0.05) is 29.8 Å². The van der Waals surface area contributed by atoms with Gasteiger partial charge in [-0.25, -0.2) is 0 Å². The average molecular weight is 329 g/mol. The number of methoxy groups -OCH3 is 1. The minimum absolute atomic E-state index is 0.104. The Bertz CT molecular complexity index is 855. The lowest BCUT2D eigenvalue weighted by Gasteiger charge is -2.02. The monoisotopic (exact) mass is 328 g/mol. The molecule has 0 amide bonds. The minimum Gasteiger partial charge on any atom is -0.497 e. The molecule has 0 aliphatic rings. The topological polar surface area (TPSA) is 57.6 Å². The molecule has 23 heavy (non-hydrogen) atoms. The van der Waals surface area contributed by atoms with Crippen LogP contribution in [0.3, 0.4) is 0 Å². The van der Waals surface area contributed by atoms with Crippen molar-refractivity contribution in [2.75, 3.05) is 13.7 Å². The summed E-state index contributed by atoms with van der Waals surface area (Å²) in [6.45, 7) is 0.632. The number of aromatic hydroxyl groups is 1. The first-order chi connectivity index (χ1) is 11.2. The molecular formula is C18H17ClN2O2. The maximum atomic E-state index is 10.0. The van der Waals surface area contributed by atoms with Crippen molar-refractivity contribution < 1.29 is 9.84 Å². The van der Waals surface area contributed by atoms with E-state index in [1.165, 1.54) is 0 Å². The molecule has 0 saturated heterocycles. The first kappa shape index (κ1) is 15.4. The van der Waals surface area contributed by atoms with Crippen LogP contribution in [-0.2, 0) is 6.42 Å². The summed E-state index contributed by atoms with van der Waals surface area (Å²) in [5.74, 6) is 0.949. The van der Waals surface area contributed by atoms with Crippen LogP contribution in [0.5, 0.6) is 11.6 Å². The van der Waals surface area contributed by atoms with Gasteiger partial charge in [-0.05, 0) is 36.2 Å². The molecule has 0 radical (unpaired) electrons. The molecule has 0 aliphatic heterocycles. The van der Waals surface area contributed by atoms with Crippen molar-refractivity contribution in [3.63, 3.8) is 0 Å². The molecular weight excluding hydrogens is 312 g/mol. The molecule has 0 aliphatic carbocycles. The van der Waals surface area contributed by atoms with E-state index in [2.05, 4.69) is 9.98 Å². The average Bonchev–Trinajstić information content (AvgIpc) is 2.86. The Morgan fingerprint density at radius 2 is 2.13 bits per heavy atom. The fraction of sp³-hybridized carbons (Fsp3) is 0.167. The second kappa shape index (κ2) is 6.75. The Balaban J connectivity index is 1.72. The van der Waals surface area contributed by atoms with Gasteiger partial charge in [0.1, 0.15) is 5.75 Å². The highest BCUT2D eigenvalue weighted by Crippen LogP contribution is 2.27. The summed E-state index contributed by atoms with van der Waals surface area (Å²) in [5, 5.41) is 11.5. The lowest BCUT2D eigenvalue weighted by molar-refractivity contribution is 0.414. The SMILES string of the molecule is COc1cccc(CCN=Cc2c(O)[nH]c3cc(Cl)ccc23)c1. The third kappa shape index (κ3) is 3.48. The summed E-state index contributed by atoms with van der Waals surface area (Å²) in [6.07, 6.45) is 2.50. The van der Waals surface area contributed by atoms with Gasteiger partial charge >= 0.3 is 0 Å². The predicted molar refractivity (Wildman–Crippen MR) is 94.1 cm³/mol. The zero-order chi connectivity index (χ0) is 16.2. The van der Waals surface area contributed by atoms with Crippen LogP contribution >= 0.6 is 11.6 Å². The number of halogens is 1. The highest BCUT2D eigenvalue weighted by atomic mass is 35.5. The summed E-state index contributed by atoms with van der Waals surface area (Å²) in [6, 6.07) is 13.4. The van der Waals surface area contributed by atoms with Crippen LogP contribution in [0.1, 0.15) is 11.1 Å². The van der Waals surface area contributed by atoms with E-state index in [1.54, 1.807) is 25.5 Å². The quantitative estimate of drug-likeness (QED) is 0.690. The molecule has 0 atom stereocenters. The fourth-order valence-corrected chi connectivity index (χ4v) is 2.66. The van der Waals surface area contributed by atoms with Crippen LogP contribution < -0.4 is 4.74 Å². The number of nitrogens with one attached hydrogen (secondary N) is 1. The van der Waals surface area contributed by atoms with Crippen molar-refractivity contribution in [1.29, 1.82) is 0 Å². The van der Waals surface area contributed by atoms with Crippen LogP contribution in [0.4, 0.5) is 0 Å². The maximum absolute atomic E-state index is 10.0. The smallest absolute Gasteiger partial charge is 0.198 e. The molecule has 2 N–H and O–H groups in total. The van der Waals surface area contributed by atoms with E-state index in [-0.39, 0.29) is 5.88 Å². The number of benzene rings is 2. The van der Waals surface area contributed by atoms with Crippen molar-refractivity contribution in [1.82, 2.24) is 4.98 Å². The maximum Gasteiger partial charge on any atom is 0.198 e. The standard InChI is InChI=1S/C18H17ClN2O2/c1-23-14-4-2-3-12(9-14)7-8-20-11-16-15-6-5-13(19)10-17(15)21-18(16)22/h2-6,9-11,21-22H,7-8H2,1H3. The molecule has 0 unspecified atom stereocenters. The largest absolute Gasteiger partial charge is 0.497 e. The van der Waals surface area contributed by atoms with Crippen molar-refractivity contribution in [2.45, 2.75) is 6.42 Å². The molecule has 1 heterocycles. The van der Waals surface area contributed by atoms with Crippen LogP contribution in [0.15, 0.2) is 47.5 Å². The highest BCUT2D eigenvalue weighted by Gasteiger charge is 2.08. The van der Waals surface area contributed by atoms with Crippen molar-refractivity contribution in [3.05, 3.63) is 58.6 Å². The number of hydrogen-bond acceptors (Lipinski definition) is 3. The predicted octanol–water partition coefficient (Wildman–Crippen LogP) is 4.20. The Morgan fingerprint density at radius 1 is 1.26 bits per heavy atom. The fourth-order valence-electron chi connectivity index (χ4n) is 2.49. The Labute approximate surface area is 139 Å². The van der Waals surface area contributed by atoms with Crippen LogP contribution in [-0.4, -0.2) is 30.0 Å². The Hall–Kier alpha value is -2.46. The van der Waals surface area contributed by atoms with Crippen LogP contribution in [0, 0.1) is 0 Å². The first-order valence-electron chi connectivity index (χ1n) is 7.30. The minimum atomic E-state index is 0.104. The van der Waals surface area contributed by atoms with Crippen LogP contribution in [0.2, 0.25) is 5.02 Å². The molecule has 2 aromatic carbocycles. The second-order valence-electron chi connectivity index (χ2n) is 5.21. The summed E-state index contributed by atoms with van der Waals surface area (Å²) in [7, 11) is 1.66. The molecule has 0 fully saturated rings. The zero-order valence-corrected chi connectivity index (χ0v) is 13.5. The summed E-state index contributed by atoms with van der Waals surface area (Å²) < 4.78 is 5.21. The third-order valence-electron chi connectivity index (χ3n) is 3.66. The van der Waals surface area contributed by atoms with Crippen molar-refractivity contribution in [2.24, 2.45) is 4.99 Å². The van der Waals surface area contributed by atoms with Gasteiger partial charge in [0.05, 0.1) is 18.2 Å².